The summed E-state index contributed by atoms with van der Waals surface area (Å²) in [5, 5.41) is 9.52. The van der Waals surface area contributed by atoms with Crippen LogP contribution in [0.2, 0.25) is 0 Å². The van der Waals surface area contributed by atoms with Gasteiger partial charge in [0.1, 0.15) is 6.10 Å². The zero-order chi connectivity index (χ0) is 21.6. The predicted octanol–water partition coefficient (Wildman–Crippen LogP) is 7.00. The van der Waals surface area contributed by atoms with Crippen LogP contribution in [0.3, 0.4) is 0 Å². The molecule has 170 valence electrons. The van der Waals surface area contributed by atoms with Gasteiger partial charge in [-0.3, -0.25) is 9.59 Å². The number of carbonyl (C=O) groups is 2. The first kappa shape index (κ1) is 26.0. The number of aliphatic carboxylic acids is 1. The van der Waals surface area contributed by atoms with Crippen molar-refractivity contribution in [3.05, 3.63) is 0 Å². The van der Waals surface area contributed by atoms with Crippen LogP contribution < -0.4 is 0 Å². The van der Waals surface area contributed by atoms with Gasteiger partial charge in [-0.1, -0.05) is 79.1 Å². The molecule has 0 aromatic heterocycles. The molecule has 4 unspecified atom stereocenters. The molecule has 0 bridgehead atoms. The van der Waals surface area contributed by atoms with Gasteiger partial charge in [0.05, 0.1) is 11.8 Å². The number of carboxylic acids is 1. The second-order valence-electron chi connectivity index (χ2n) is 9.51. The van der Waals surface area contributed by atoms with Crippen LogP contribution in [0.1, 0.15) is 118 Å². The third kappa shape index (κ3) is 10.00. The highest BCUT2D eigenvalue weighted by atomic mass is 16.5. The summed E-state index contributed by atoms with van der Waals surface area (Å²) in [6, 6.07) is 0. The van der Waals surface area contributed by atoms with Crippen LogP contribution in [0.4, 0.5) is 0 Å². The molecule has 0 aromatic carbocycles. The Hall–Kier alpha value is -1.06. The number of esters is 1. The summed E-state index contributed by atoms with van der Waals surface area (Å²) in [6.45, 7) is 8.92. The lowest BCUT2D eigenvalue weighted by atomic mass is 9.79. The number of unbranched alkanes of at least 4 members (excludes halogenated alkanes) is 4. The van der Waals surface area contributed by atoms with E-state index < -0.39 is 17.8 Å². The van der Waals surface area contributed by atoms with Crippen molar-refractivity contribution >= 4 is 11.9 Å². The molecule has 29 heavy (non-hydrogen) atoms. The average molecular weight is 411 g/mol. The molecule has 1 fully saturated rings. The summed E-state index contributed by atoms with van der Waals surface area (Å²) in [5.74, 6) is -0.966. The number of hydrogen-bond donors (Lipinski definition) is 1. The van der Waals surface area contributed by atoms with Gasteiger partial charge in [-0.25, -0.2) is 0 Å². The number of ether oxygens (including phenoxy) is 1. The van der Waals surface area contributed by atoms with Gasteiger partial charge in [0.2, 0.25) is 0 Å². The Morgan fingerprint density at radius 1 is 0.897 bits per heavy atom. The number of carbonyl (C=O) groups excluding carboxylic acids is 1. The van der Waals surface area contributed by atoms with E-state index in [0.29, 0.717) is 18.8 Å². The number of hydrogen-bond acceptors (Lipinski definition) is 3. The summed E-state index contributed by atoms with van der Waals surface area (Å²) in [6.07, 6.45) is 14.4. The van der Waals surface area contributed by atoms with Crippen molar-refractivity contribution in [2.75, 3.05) is 0 Å². The van der Waals surface area contributed by atoms with Gasteiger partial charge in [-0.2, -0.15) is 0 Å². The number of carboxylic acid groups (broad SMARTS) is 1. The lowest BCUT2D eigenvalue weighted by Crippen LogP contribution is -2.37. The van der Waals surface area contributed by atoms with Gasteiger partial charge in [0, 0.05) is 0 Å². The molecule has 0 radical (unpaired) electrons. The molecule has 0 amide bonds. The molecule has 0 aromatic rings. The smallest absolute Gasteiger partial charge is 0.310 e. The lowest BCUT2D eigenvalue weighted by molar-refractivity contribution is -0.166. The Morgan fingerprint density at radius 3 is 2.07 bits per heavy atom. The van der Waals surface area contributed by atoms with Gasteiger partial charge >= 0.3 is 11.9 Å². The number of rotatable bonds is 15. The summed E-state index contributed by atoms with van der Waals surface area (Å²) < 4.78 is 6.06. The van der Waals surface area contributed by atoms with Crippen LogP contribution in [0.25, 0.3) is 0 Å². The molecule has 1 saturated carbocycles. The predicted molar refractivity (Wildman–Crippen MR) is 119 cm³/mol. The van der Waals surface area contributed by atoms with E-state index in [-0.39, 0.29) is 12.1 Å². The summed E-state index contributed by atoms with van der Waals surface area (Å²) in [7, 11) is 0. The largest absolute Gasteiger partial charge is 0.481 e. The maximum atomic E-state index is 12.9. The Bertz CT molecular complexity index is 460. The second-order valence-corrected chi connectivity index (χ2v) is 9.51. The summed E-state index contributed by atoms with van der Waals surface area (Å²) in [5.41, 5.74) is 0. The van der Waals surface area contributed by atoms with Gasteiger partial charge < -0.3 is 9.84 Å². The van der Waals surface area contributed by atoms with E-state index in [1.807, 2.05) is 0 Å². The fourth-order valence-electron chi connectivity index (χ4n) is 4.71. The van der Waals surface area contributed by atoms with Crippen LogP contribution in [-0.4, -0.2) is 23.1 Å². The lowest BCUT2D eigenvalue weighted by Gasteiger charge is -2.31. The highest BCUT2D eigenvalue weighted by molar-refractivity contribution is 5.81. The van der Waals surface area contributed by atoms with Crippen molar-refractivity contribution in [3.63, 3.8) is 0 Å². The minimum atomic E-state index is -0.841. The van der Waals surface area contributed by atoms with Crippen molar-refractivity contribution in [2.45, 2.75) is 124 Å². The van der Waals surface area contributed by atoms with E-state index in [1.54, 1.807) is 0 Å². The van der Waals surface area contributed by atoms with E-state index in [9.17, 15) is 14.7 Å². The van der Waals surface area contributed by atoms with E-state index in [4.69, 9.17) is 4.74 Å². The first-order valence-corrected chi connectivity index (χ1v) is 12.3. The Balaban J connectivity index is 2.66. The standard InChI is InChI=1S/C25H46O4/c1-5-7-15-20(6-2)23(18-11-9-8-10-14-19(3)4)29-25(28)22-17-13-12-16-21(22)24(26)27/h19-23H,5-18H2,1-4H3,(H,26,27). The molecule has 4 heteroatoms. The molecule has 0 aliphatic heterocycles. The molecule has 0 spiro atoms. The summed E-state index contributed by atoms with van der Waals surface area (Å²) in [4.78, 5) is 24.5. The van der Waals surface area contributed by atoms with Crippen molar-refractivity contribution < 1.29 is 19.4 Å². The molecule has 0 heterocycles. The van der Waals surface area contributed by atoms with E-state index in [2.05, 4.69) is 27.7 Å². The fraction of sp³-hybridized carbons (Fsp3) is 0.920. The highest BCUT2D eigenvalue weighted by Gasteiger charge is 2.38. The monoisotopic (exact) mass is 410 g/mol. The zero-order valence-electron chi connectivity index (χ0n) is 19.5. The first-order chi connectivity index (χ1) is 13.9. The molecule has 4 atom stereocenters. The van der Waals surface area contributed by atoms with Crippen LogP contribution in [-0.2, 0) is 14.3 Å². The van der Waals surface area contributed by atoms with Crippen molar-refractivity contribution in [3.8, 4) is 0 Å². The van der Waals surface area contributed by atoms with E-state index in [1.165, 1.54) is 25.7 Å². The third-order valence-corrected chi connectivity index (χ3v) is 6.65. The van der Waals surface area contributed by atoms with E-state index in [0.717, 1.165) is 57.3 Å². The van der Waals surface area contributed by atoms with Crippen LogP contribution in [0.5, 0.6) is 0 Å². The van der Waals surface area contributed by atoms with Crippen molar-refractivity contribution in [1.29, 1.82) is 0 Å². The van der Waals surface area contributed by atoms with Gasteiger partial charge in [0.15, 0.2) is 0 Å². The molecular formula is C25H46O4. The van der Waals surface area contributed by atoms with E-state index >= 15 is 0 Å². The van der Waals surface area contributed by atoms with Gasteiger partial charge in [0.25, 0.3) is 0 Å². The fourth-order valence-corrected chi connectivity index (χ4v) is 4.71. The SMILES string of the molecule is CCCCC(CC)C(CCCCCCC(C)C)OC(=O)C1CCCCC1C(=O)O. The Labute approximate surface area is 179 Å². The molecule has 4 nitrogen and oxygen atoms in total. The minimum absolute atomic E-state index is 0.0551. The molecule has 1 N–H and O–H groups in total. The molecule has 1 aliphatic rings. The summed E-state index contributed by atoms with van der Waals surface area (Å²) >= 11 is 0. The second kappa shape index (κ2) is 14.8. The van der Waals surface area contributed by atoms with Crippen LogP contribution >= 0.6 is 0 Å². The minimum Gasteiger partial charge on any atom is -0.481 e. The van der Waals surface area contributed by atoms with Gasteiger partial charge in [-0.15, -0.1) is 0 Å². The normalized spacial score (nSPS) is 21.7. The topological polar surface area (TPSA) is 63.6 Å². The Kier molecular flexibility index (Phi) is 13.3. The Morgan fingerprint density at radius 2 is 1.52 bits per heavy atom. The molecule has 0 saturated heterocycles. The molecular weight excluding hydrogens is 364 g/mol. The first-order valence-electron chi connectivity index (χ1n) is 12.3. The van der Waals surface area contributed by atoms with Crippen molar-refractivity contribution in [1.82, 2.24) is 0 Å². The average Bonchev–Trinajstić information content (AvgIpc) is 2.70. The van der Waals surface area contributed by atoms with Crippen LogP contribution in [0.15, 0.2) is 0 Å². The quantitative estimate of drug-likeness (QED) is 0.233. The highest BCUT2D eigenvalue weighted by Crippen LogP contribution is 2.33. The van der Waals surface area contributed by atoms with Crippen molar-refractivity contribution in [2.24, 2.45) is 23.7 Å². The molecule has 1 aliphatic carbocycles. The molecule has 1 rings (SSSR count). The van der Waals surface area contributed by atoms with Crippen LogP contribution in [0, 0.1) is 23.7 Å². The third-order valence-electron chi connectivity index (χ3n) is 6.65. The zero-order valence-corrected chi connectivity index (χ0v) is 19.5. The maximum absolute atomic E-state index is 12.9. The van der Waals surface area contributed by atoms with Gasteiger partial charge in [-0.05, 0) is 50.4 Å². The maximum Gasteiger partial charge on any atom is 0.310 e.